The van der Waals surface area contributed by atoms with E-state index in [1.165, 1.54) is 0 Å². The van der Waals surface area contributed by atoms with Crippen molar-refractivity contribution in [3.63, 3.8) is 0 Å². The lowest BCUT2D eigenvalue weighted by atomic mass is 10.0. The fourth-order valence-corrected chi connectivity index (χ4v) is 1.70. The molecular weight excluding hydrogens is 232 g/mol. The van der Waals surface area contributed by atoms with Crippen molar-refractivity contribution in [2.45, 2.75) is 19.1 Å². The molecule has 0 aliphatic carbocycles. The number of carboxylic acids is 1. The van der Waals surface area contributed by atoms with E-state index in [9.17, 15) is 4.79 Å². The minimum Gasteiger partial charge on any atom is -0.478 e. The van der Waals surface area contributed by atoms with E-state index in [4.69, 9.17) is 14.6 Å². The average Bonchev–Trinajstić information content (AvgIpc) is 3.18. The number of aliphatic carboxylic acids is 1. The SMILES string of the molecule is C[C@@H](OC[C@H]1CO1)c1ccccc1/C=C/C(=O)O. The first-order chi connectivity index (χ1) is 8.66. The highest BCUT2D eigenvalue weighted by atomic mass is 16.6. The van der Waals surface area contributed by atoms with E-state index in [1.807, 2.05) is 31.2 Å². The van der Waals surface area contributed by atoms with E-state index < -0.39 is 5.97 Å². The number of epoxide rings is 1. The van der Waals surface area contributed by atoms with Crippen molar-refractivity contribution in [1.29, 1.82) is 0 Å². The molecule has 0 saturated carbocycles. The van der Waals surface area contributed by atoms with Crippen LogP contribution in [0, 0.1) is 0 Å². The van der Waals surface area contributed by atoms with Crippen LogP contribution in [0.5, 0.6) is 0 Å². The van der Waals surface area contributed by atoms with Gasteiger partial charge in [0.05, 0.1) is 19.3 Å². The zero-order valence-electron chi connectivity index (χ0n) is 10.2. The summed E-state index contributed by atoms with van der Waals surface area (Å²) >= 11 is 0. The molecule has 0 spiro atoms. The fraction of sp³-hybridized carbons (Fsp3) is 0.357. The van der Waals surface area contributed by atoms with Gasteiger partial charge >= 0.3 is 5.97 Å². The minimum atomic E-state index is -0.954. The zero-order chi connectivity index (χ0) is 13.0. The fourth-order valence-electron chi connectivity index (χ4n) is 1.70. The molecule has 1 saturated heterocycles. The summed E-state index contributed by atoms with van der Waals surface area (Å²) in [5.74, 6) is -0.954. The van der Waals surface area contributed by atoms with Crippen LogP contribution in [0.15, 0.2) is 30.3 Å². The molecule has 1 aliphatic heterocycles. The topological polar surface area (TPSA) is 59.1 Å². The smallest absolute Gasteiger partial charge is 0.328 e. The second-order valence-electron chi connectivity index (χ2n) is 4.23. The molecule has 2 rings (SSSR count). The average molecular weight is 248 g/mol. The quantitative estimate of drug-likeness (QED) is 0.619. The molecule has 1 aromatic carbocycles. The number of benzene rings is 1. The van der Waals surface area contributed by atoms with Crippen LogP contribution in [0.25, 0.3) is 6.08 Å². The largest absolute Gasteiger partial charge is 0.478 e. The molecule has 0 aromatic heterocycles. The van der Waals surface area contributed by atoms with E-state index in [0.29, 0.717) is 6.61 Å². The molecule has 18 heavy (non-hydrogen) atoms. The molecule has 0 amide bonds. The van der Waals surface area contributed by atoms with Crippen molar-refractivity contribution >= 4 is 12.0 Å². The number of hydrogen-bond acceptors (Lipinski definition) is 3. The van der Waals surface area contributed by atoms with Crippen LogP contribution in [0.1, 0.15) is 24.2 Å². The summed E-state index contributed by atoms with van der Waals surface area (Å²) in [6, 6.07) is 7.62. The summed E-state index contributed by atoms with van der Waals surface area (Å²) in [7, 11) is 0. The van der Waals surface area contributed by atoms with Gasteiger partial charge in [0.2, 0.25) is 0 Å². The van der Waals surface area contributed by atoms with Gasteiger partial charge in [0.25, 0.3) is 0 Å². The Hall–Kier alpha value is -1.65. The molecular formula is C14H16O4. The molecule has 1 aromatic rings. The van der Waals surface area contributed by atoms with Crippen LogP contribution in [0.3, 0.4) is 0 Å². The summed E-state index contributed by atoms with van der Waals surface area (Å²) in [4.78, 5) is 10.5. The van der Waals surface area contributed by atoms with Crippen molar-refractivity contribution in [2.75, 3.05) is 13.2 Å². The first-order valence-corrected chi connectivity index (χ1v) is 5.90. The van der Waals surface area contributed by atoms with Gasteiger partial charge in [-0.05, 0) is 24.1 Å². The summed E-state index contributed by atoms with van der Waals surface area (Å²) in [6.07, 6.45) is 2.87. The number of carboxylic acid groups (broad SMARTS) is 1. The second kappa shape index (κ2) is 5.80. The molecule has 1 heterocycles. The minimum absolute atomic E-state index is 0.0798. The third-order valence-corrected chi connectivity index (χ3v) is 2.77. The highest BCUT2D eigenvalue weighted by Crippen LogP contribution is 2.23. The Labute approximate surface area is 106 Å². The maximum atomic E-state index is 10.5. The maximum absolute atomic E-state index is 10.5. The third kappa shape index (κ3) is 3.68. The highest BCUT2D eigenvalue weighted by Gasteiger charge is 2.23. The van der Waals surface area contributed by atoms with Crippen molar-refractivity contribution in [1.82, 2.24) is 0 Å². The van der Waals surface area contributed by atoms with Gasteiger partial charge in [0.1, 0.15) is 6.10 Å². The van der Waals surface area contributed by atoms with Gasteiger partial charge in [-0.1, -0.05) is 24.3 Å². The summed E-state index contributed by atoms with van der Waals surface area (Å²) in [5, 5.41) is 8.65. The first-order valence-electron chi connectivity index (χ1n) is 5.90. The van der Waals surface area contributed by atoms with E-state index in [2.05, 4.69) is 0 Å². The first kappa shape index (κ1) is 12.8. The van der Waals surface area contributed by atoms with Crippen LogP contribution in [0.2, 0.25) is 0 Å². The Morgan fingerprint density at radius 2 is 2.33 bits per heavy atom. The monoisotopic (exact) mass is 248 g/mol. The van der Waals surface area contributed by atoms with Crippen LogP contribution in [0.4, 0.5) is 0 Å². The molecule has 96 valence electrons. The van der Waals surface area contributed by atoms with Crippen molar-refractivity contribution in [2.24, 2.45) is 0 Å². The summed E-state index contributed by atoms with van der Waals surface area (Å²) < 4.78 is 10.8. The maximum Gasteiger partial charge on any atom is 0.328 e. The van der Waals surface area contributed by atoms with Gasteiger partial charge < -0.3 is 14.6 Å². The van der Waals surface area contributed by atoms with Gasteiger partial charge in [-0.15, -0.1) is 0 Å². The van der Waals surface area contributed by atoms with Crippen LogP contribution in [-0.2, 0) is 14.3 Å². The predicted molar refractivity (Wildman–Crippen MR) is 67.2 cm³/mol. The Bertz CT molecular complexity index is 449. The molecule has 0 unspecified atom stereocenters. The molecule has 0 bridgehead atoms. The molecule has 1 aliphatic rings. The molecule has 4 heteroatoms. The Kier molecular flexibility index (Phi) is 4.12. The number of carbonyl (C=O) groups is 1. The Morgan fingerprint density at radius 3 is 3.00 bits per heavy atom. The predicted octanol–water partition coefficient (Wildman–Crippen LogP) is 2.26. The van der Waals surface area contributed by atoms with Crippen LogP contribution >= 0.6 is 0 Å². The third-order valence-electron chi connectivity index (χ3n) is 2.77. The van der Waals surface area contributed by atoms with Crippen molar-refractivity contribution in [3.8, 4) is 0 Å². The van der Waals surface area contributed by atoms with E-state index in [-0.39, 0.29) is 12.2 Å². The zero-order valence-corrected chi connectivity index (χ0v) is 10.2. The number of rotatable bonds is 6. The Morgan fingerprint density at radius 1 is 1.61 bits per heavy atom. The van der Waals surface area contributed by atoms with Crippen LogP contribution in [-0.4, -0.2) is 30.4 Å². The van der Waals surface area contributed by atoms with E-state index in [1.54, 1.807) is 6.08 Å². The van der Waals surface area contributed by atoms with Gasteiger partial charge in [-0.2, -0.15) is 0 Å². The van der Waals surface area contributed by atoms with E-state index in [0.717, 1.165) is 23.8 Å². The molecule has 1 N–H and O–H groups in total. The highest BCUT2D eigenvalue weighted by molar-refractivity contribution is 5.85. The lowest BCUT2D eigenvalue weighted by Crippen LogP contribution is -2.07. The summed E-state index contributed by atoms with van der Waals surface area (Å²) in [5.41, 5.74) is 1.85. The molecule has 0 radical (unpaired) electrons. The summed E-state index contributed by atoms with van der Waals surface area (Å²) in [6.45, 7) is 3.31. The van der Waals surface area contributed by atoms with Gasteiger partial charge in [0.15, 0.2) is 0 Å². The van der Waals surface area contributed by atoms with Crippen LogP contribution < -0.4 is 0 Å². The van der Waals surface area contributed by atoms with Crippen molar-refractivity contribution < 1.29 is 19.4 Å². The number of ether oxygens (including phenoxy) is 2. The van der Waals surface area contributed by atoms with Gasteiger partial charge in [-0.3, -0.25) is 0 Å². The normalized spacial score (nSPS) is 19.9. The molecule has 2 atom stereocenters. The molecule has 4 nitrogen and oxygen atoms in total. The van der Waals surface area contributed by atoms with Crippen molar-refractivity contribution in [3.05, 3.63) is 41.5 Å². The van der Waals surface area contributed by atoms with Gasteiger partial charge in [-0.25, -0.2) is 4.79 Å². The standard InChI is InChI=1S/C14H16O4/c1-10(17-8-12-9-18-12)13-5-3-2-4-11(13)6-7-14(15)16/h2-7,10,12H,8-9H2,1H3,(H,15,16)/b7-6+/t10-,12+/m1/s1. The van der Waals surface area contributed by atoms with E-state index >= 15 is 0 Å². The number of hydrogen-bond donors (Lipinski definition) is 1. The molecule has 1 fully saturated rings. The van der Waals surface area contributed by atoms with Gasteiger partial charge in [0, 0.05) is 6.08 Å². The lowest BCUT2D eigenvalue weighted by Gasteiger charge is -2.15. The second-order valence-corrected chi connectivity index (χ2v) is 4.23. The lowest BCUT2D eigenvalue weighted by molar-refractivity contribution is -0.131. The Balaban J connectivity index is 2.07.